The topological polar surface area (TPSA) is 79.8 Å². The molecule has 0 saturated heterocycles. The number of aromatic amines is 1. The summed E-state index contributed by atoms with van der Waals surface area (Å²) in [6.45, 7) is 0. The van der Waals surface area contributed by atoms with Crippen molar-refractivity contribution >= 4 is 11.7 Å². The molecule has 1 amide bonds. The molecule has 2 aliphatic rings. The van der Waals surface area contributed by atoms with E-state index < -0.39 is 0 Å². The summed E-state index contributed by atoms with van der Waals surface area (Å²) in [5.41, 5.74) is 1.48. The highest BCUT2D eigenvalue weighted by molar-refractivity contribution is 5.94. The average Bonchev–Trinajstić information content (AvgIpc) is 2.92. The summed E-state index contributed by atoms with van der Waals surface area (Å²) in [6.07, 6.45) is 9.40. The average molecular weight is 312 g/mol. The third-order valence-corrected chi connectivity index (χ3v) is 4.99. The van der Waals surface area contributed by atoms with Crippen molar-refractivity contribution in [3.05, 3.63) is 46.0 Å². The quantitative estimate of drug-likeness (QED) is 0.894. The number of carbonyl (C=O) groups is 1. The van der Waals surface area contributed by atoms with Crippen LogP contribution in [-0.4, -0.2) is 20.7 Å². The number of hydrogen-bond donors (Lipinski definition) is 2. The first-order chi connectivity index (χ1) is 11.2. The number of hydrogen-bond acceptors (Lipinski definition) is 3. The number of nitrogens with one attached hydrogen (secondary N) is 2. The molecular weight excluding hydrogens is 292 g/mol. The van der Waals surface area contributed by atoms with Gasteiger partial charge in [0.15, 0.2) is 0 Å². The molecule has 6 nitrogen and oxygen atoms in total. The molecule has 1 aliphatic heterocycles. The van der Waals surface area contributed by atoms with Crippen molar-refractivity contribution in [2.75, 3.05) is 5.32 Å². The van der Waals surface area contributed by atoms with Gasteiger partial charge in [-0.2, -0.15) is 0 Å². The Morgan fingerprint density at radius 3 is 2.74 bits per heavy atom. The maximum atomic E-state index is 12.6. The second kappa shape index (κ2) is 5.68. The van der Waals surface area contributed by atoms with Gasteiger partial charge >= 0.3 is 0 Å². The summed E-state index contributed by atoms with van der Waals surface area (Å²) in [5.74, 6) is 0.392. The van der Waals surface area contributed by atoms with Crippen LogP contribution in [0.4, 0.5) is 5.82 Å². The number of nitrogens with zero attached hydrogens (tertiary/aromatic N) is 2. The van der Waals surface area contributed by atoms with Crippen molar-refractivity contribution in [2.45, 2.75) is 50.5 Å². The van der Waals surface area contributed by atoms with Crippen LogP contribution in [-0.2, 0) is 4.79 Å². The van der Waals surface area contributed by atoms with Crippen LogP contribution in [0.3, 0.4) is 0 Å². The molecule has 3 heterocycles. The van der Waals surface area contributed by atoms with Crippen molar-refractivity contribution < 1.29 is 4.79 Å². The summed E-state index contributed by atoms with van der Waals surface area (Å²) < 4.78 is 1.90. The van der Waals surface area contributed by atoms with Gasteiger partial charge in [0.1, 0.15) is 5.82 Å². The van der Waals surface area contributed by atoms with E-state index in [0.717, 1.165) is 18.4 Å². The highest BCUT2D eigenvalue weighted by Crippen LogP contribution is 2.38. The Labute approximate surface area is 133 Å². The molecule has 0 radical (unpaired) electrons. The van der Waals surface area contributed by atoms with Crippen molar-refractivity contribution in [2.24, 2.45) is 0 Å². The molecule has 0 unspecified atom stereocenters. The number of H-pyrrole nitrogens is 1. The molecule has 1 atom stereocenters. The Morgan fingerprint density at radius 1 is 1.17 bits per heavy atom. The van der Waals surface area contributed by atoms with Gasteiger partial charge in [0.2, 0.25) is 5.91 Å². The van der Waals surface area contributed by atoms with Crippen LogP contribution in [0.2, 0.25) is 0 Å². The molecule has 6 heteroatoms. The third-order valence-electron chi connectivity index (χ3n) is 4.99. The monoisotopic (exact) mass is 312 g/mol. The van der Waals surface area contributed by atoms with Crippen LogP contribution in [0.5, 0.6) is 0 Å². The van der Waals surface area contributed by atoms with E-state index in [-0.39, 0.29) is 29.8 Å². The van der Waals surface area contributed by atoms with Gasteiger partial charge in [0.05, 0.1) is 11.6 Å². The number of fused-ring (bicyclic) bond motifs is 1. The number of rotatable bonds is 2. The van der Waals surface area contributed by atoms with Gasteiger partial charge in [0.25, 0.3) is 5.56 Å². The predicted octanol–water partition coefficient (Wildman–Crippen LogP) is 2.55. The zero-order valence-corrected chi connectivity index (χ0v) is 12.9. The second-order valence-corrected chi connectivity index (χ2v) is 6.46. The Bertz CT molecular complexity index is 772. The number of aromatic nitrogens is 3. The van der Waals surface area contributed by atoms with Crippen LogP contribution in [0.1, 0.15) is 61.6 Å². The number of pyridine rings is 1. The minimum atomic E-state index is -0.221. The van der Waals surface area contributed by atoms with E-state index in [1.807, 2.05) is 16.8 Å². The lowest BCUT2D eigenvalue weighted by molar-refractivity contribution is -0.116. The molecule has 120 valence electrons. The Balaban J connectivity index is 1.80. The van der Waals surface area contributed by atoms with Crippen molar-refractivity contribution in [1.29, 1.82) is 0 Å². The van der Waals surface area contributed by atoms with Crippen LogP contribution in [0.15, 0.2) is 29.3 Å². The Kier molecular flexibility index (Phi) is 3.52. The zero-order valence-electron chi connectivity index (χ0n) is 12.9. The number of anilines is 1. The molecule has 0 aromatic carbocycles. The maximum Gasteiger partial charge on any atom is 0.270 e. The van der Waals surface area contributed by atoms with E-state index in [2.05, 4.69) is 15.4 Å². The van der Waals surface area contributed by atoms with E-state index in [9.17, 15) is 9.59 Å². The number of carbonyl (C=O) groups excluding carboxylic acids is 1. The van der Waals surface area contributed by atoms with Gasteiger partial charge in [-0.05, 0) is 24.5 Å². The third kappa shape index (κ3) is 2.48. The summed E-state index contributed by atoms with van der Waals surface area (Å²) >= 11 is 0. The first-order valence-corrected chi connectivity index (χ1v) is 8.28. The second-order valence-electron chi connectivity index (χ2n) is 6.46. The van der Waals surface area contributed by atoms with Gasteiger partial charge < -0.3 is 5.32 Å². The van der Waals surface area contributed by atoms with Crippen molar-refractivity contribution in [1.82, 2.24) is 14.8 Å². The number of amides is 1. The fraction of sp³-hybridized carbons (Fsp3) is 0.471. The molecule has 2 aromatic heterocycles. The van der Waals surface area contributed by atoms with E-state index >= 15 is 0 Å². The van der Waals surface area contributed by atoms with Crippen LogP contribution in [0, 0.1) is 0 Å². The molecule has 1 saturated carbocycles. The SMILES string of the molecule is O=C1C[C@H](c2cccnc2)c2c(n(C3CCCCC3)[nH]c2=O)N1. The first-order valence-electron chi connectivity index (χ1n) is 8.28. The standard InChI is InChI=1S/C17H20N4O2/c22-14-9-13(11-5-4-8-18-10-11)15-16(19-14)21(20-17(15)23)12-6-2-1-3-7-12/h4-5,8,10,12-13H,1-3,6-7,9H2,(H,19,22)(H,20,23)/t13-/m1/s1. The fourth-order valence-corrected chi connectivity index (χ4v) is 3.86. The van der Waals surface area contributed by atoms with E-state index in [0.29, 0.717) is 11.4 Å². The minimum absolute atomic E-state index is 0.0464. The predicted molar refractivity (Wildman–Crippen MR) is 86.5 cm³/mol. The van der Waals surface area contributed by atoms with E-state index in [4.69, 9.17) is 0 Å². The molecule has 0 bridgehead atoms. The van der Waals surface area contributed by atoms with Crippen LogP contribution >= 0.6 is 0 Å². The molecule has 1 aliphatic carbocycles. The van der Waals surface area contributed by atoms with Gasteiger partial charge in [0, 0.05) is 24.7 Å². The van der Waals surface area contributed by atoms with E-state index in [1.165, 1.54) is 19.3 Å². The maximum absolute atomic E-state index is 12.6. The van der Waals surface area contributed by atoms with Crippen LogP contribution < -0.4 is 10.9 Å². The van der Waals surface area contributed by atoms with E-state index in [1.54, 1.807) is 12.4 Å². The lowest BCUT2D eigenvalue weighted by atomic mass is 9.88. The lowest BCUT2D eigenvalue weighted by Gasteiger charge is -2.28. The minimum Gasteiger partial charge on any atom is -0.311 e. The molecule has 1 fully saturated rings. The lowest BCUT2D eigenvalue weighted by Crippen LogP contribution is -2.27. The van der Waals surface area contributed by atoms with Crippen LogP contribution in [0.25, 0.3) is 0 Å². The smallest absolute Gasteiger partial charge is 0.270 e. The van der Waals surface area contributed by atoms with Gasteiger partial charge in [-0.15, -0.1) is 0 Å². The zero-order chi connectivity index (χ0) is 15.8. The first kappa shape index (κ1) is 14.2. The summed E-state index contributed by atoms with van der Waals surface area (Å²) in [6, 6.07) is 4.04. The summed E-state index contributed by atoms with van der Waals surface area (Å²) in [4.78, 5) is 28.9. The van der Waals surface area contributed by atoms with Crippen molar-refractivity contribution in [3.63, 3.8) is 0 Å². The summed E-state index contributed by atoms with van der Waals surface area (Å²) in [5, 5.41) is 5.89. The molecular formula is C17H20N4O2. The van der Waals surface area contributed by atoms with Gasteiger partial charge in [-0.1, -0.05) is 25.3 Å². The Morgan fingerprint density at radius 2 is 2.00 bits per heavy atom. The molecule has 23 heavy (non-hydrogen) atoms. The Hall–Kier alpha value is -2.37. The largest absolute Gasteiger partial charge is 0.311 e. The highest BCUT2D eigenvalue weighted by atomic mass is 16.2. The van der Waals surface area contributed by atoms with Crippen molar-refractivity contribution in [3.8, 4) is 0 Å². The fourth-order valence-electron chi connectivity index (χ4n) is 3.86. The molecule has 0 spiro atoms. The molecule has 4 rings (SSSR count). The molecule has 2 aromatic rings. The molecule has 2 N–H and O–H groups in total. The van der Waals surface area contributed by atoms with Gasteiger partial charge in [-0.25, -0.2) is 0 Å². The normalized spacial score (nSPS) is 21.7. The summed E-state index contributed by atoms with van der Waals surface area (Å²) in [7, 11) is 0. The highest BCUT2D eigenvalue weighted by Gasteiger charge is 2.34. The van der Waals surface area contributed by atoms with Gasteiger partial charge in [-0.3, -0.25) is 24.4 Å².